The van der Waals surface area contributed by atoms with Crippen LogP contribution in [-0.4, -0.2) is 22.4 Å². The van der Waals surface area contributed by atoms with Crippen molar-refractivity contribution in [3.8, 4) is 0 Å². The fraction of sp³-hybridized carbons (Fsp3) is 0.273. The number of carbonyl (C=O) groups is 2. The number of hydrogen-bond donors (Lipinski definition) is 0. The monoisotopic (exact) mass is 366 g/mol. The molecule has 134 valence electrons. The molecule has 0 amide bonds. The van der Waals surface area contributed by atoms with Gasteiger partial charge in [-0.1, -0.05) is 60.7 Å². The topological polar surface area (TPSA) is 46.7 Å². The molecule has 2 aromatic carbocycles. The molecule has 1 fully saturated rings. The molecule has 2 unspecified atom stereocenters. The molecule has 1 aliphatic rings. The van der Waals surface area contributed by atoms with Gasteiger partial charge in [0.2, 0.25) is 0 Å². The van der Waals surface area contributed by atoms with Gasteiger partial charge in [-0.3, -0.25) is 9.59 Å². The van der Waals surface area contributed by atoms with Gasteiger partial charge < -0.3 is 4.74 Å². The standard InChI is InChI=1S/C22H22O3S/c1-16(23)22(17(2)24,26-19-12-7-4-8-13-19)15-9-14-20-21(25-20)18-10-5-3-6-11-18/h3-14,20-21H,15H2,1-2H3/b14-9+. The third kappa shape index (κ3) is 4.14. The molecule has 0 spiro atoms. The Bertz CT molecular complexity index is 785. The molecule has 2 atom stereocenters. The van der Waals surface area contributed by atoms with Crippen LogP contribution in [0.4, 0.5) is 0 Å². The van der Waals surface area contributed by atoms with Crippen LogP contribution < -0.4 is 0 Å². The molecule has 1 saturated heterocycles. The Labute approximate surface area is 158 Å². The summed E-state index contributed by atoms with van der Waals surface area (Å²) in [5, 5.41) is 0. The Balaban J connectivity index is 1.71. The van der Waals surface area contributed by atoms with Crippen molar-refractivity contribution in [3.05, 3.63) is 78.4 Å². The lowest BCUT2D eigenvalue weighted by Gasteiger charge is -2.26. The Hall–Kier alpha value is -2.17. The smallest absolute Gasteiger partial charge is 0.153 e. The van der Waals surface area contributed by atoms with Crippen LogP contribution >= 0.6 is 11.8 Å². The van der Waals surface area contributed by atoms with Gasteiger partial charge in [0.05, 0.1) is 0 Å². The fourth-order valence-corrected chi connectivity index (χ4v) is 4.12. The quantitative estimate of drug-likeness (QED) is 0.292. The van der Waals surface area contributed by atoms with Crippen LogP contribution in [0.25, 0.3) is 0 Å². The first-order valence-corrected chi connectivity index (χ1v) is 9.48. The van der Waals surface area contributed by atoms with E-state index in [1.165, 1.54) is 25.6 Å². The van der Waals surface area contributed by atoms with Crippen LogP contribution in [0.1, 0.15) is 31.9 Å². The Morgan fingerprint density at radius 1 is 1.00 bits per heavy atom. The zero-order chi connectivity index (χ0) is 18.6. The lowest BCUT2D eigenvalue weighted by atomic mass is 9.95. The van der Waals surface area contributed by atoms with E-state index in [2.05, 4.69) is 0 Å². The second-order valence-corrected chi connectivity index (χ2v) is 7.79. The summed E-state index contributed by atoms with van der Waals surface area (Å²) in [6.07, 6.45) is 4.31. The van der Waals surface area contributed by atoms with E-state index >= 15 is 0 Å². The molecule has 3 rings (SSSR count). The van der Waals surface area contributed by atoms with E-state index < -0.39 is 4.75 Å². The average molecular weight is 366 g/mol. The van der Waals surface area contributed by atoms with Crippen molar-refractivity contribution in [2.24, 2.45) is 0 Å². The van der Waals surface area contributed by atoms with Gasteiger partial charge >= 0.3 is 0 Å². The number of allylic oxidation sites excluding steroid dienone is 1. The van der Waals surface area contributed by atoms with Crippen molar-refractivity contribution in [1.82, 2.24) is 0 Å². The number of ketones is 2. The molecule has 3 nitrogen and oxygen atoms in total. The van der Waals surface area contributed by atoms with Crippen molar-refractivity contribution in [2.45, 2.75) is 42.1 Å². The van der Waals surface area contributed by atoms with Crippen LogP contribution in [0.3, 0.4) is 0 Å². The molecule has 0 N–H and O–H groups in total. The van der Waals surface area contributed by atoms with Gasteiger partial charge in [0, 0.05) is 4.90 Å². The molecule has 4 heteroatoms. The molecular weight excluding hydrogens is 344 g/mol. The number of carbonyl (C=O) groups excluding carboxylic acids is 2. The summed E-state index contributed by atoms with van der Waals surface area (Å²) >= 11 is 1.33. The van der Waals surface area contributed by atoms with Crippen LogP contribution in [0.5, 0.6) is 0 Å². The van der Waals surface area contributed by atoms with Gasteiger partial charge in [-0.15, -0.1) is 11.8 Å². The lowest BCUT2D eigenvalue weighted by Crippen LogP contribution is -2.40. The lowest BCUT2D eigenvalue weighted by molar-refractivity contribution is -0.128. The molecule has 0 bridgehead atoms. The van der Waals surface area contributed by atoms with E-state index in [0.717, 1.165) is 10.5 Å². The molecule has 0 aromatic heterocycles. The summed E-state index contributed by atoms with van der Waals surface area (Å²) in [6, 6.07) is 19.6. The summed E-state index contributed by atoms with van der Waals surface area (Å²) < 4.78 is 4.61. The van der Waals surface area contributed by atoms with Crippen molar-refractivity contribution in [3.63, 3.8) is 0 Å². The first-order chi connectivity index (χ1) is 12.5. The molecular formula is C22H22O3S. The maximum Gasteiger partial charge on any atom is 0.153 e. The molecule has 26 heavy (non-hydrogen) atoms. The molecule has 0 aliphatic carbocycles. The predicted molar refractivity (Wildman–Crippen MR) is 104 cm³/mol. The van der Waals surface area contributed by atoms with Crippen LogP contribution in [0, 0.1) is 0 Å². The van der Waals surface area contributed by atoms with E-state index in [1.54, 1.807) is 0 Å². The summed E-state index contributed by atoms with van der Waals surface area (Å²) in [6.45, 7) is 2.98. The van der Waals surface area contributed by atoms with E-state index in [0.29, 0.717) is 6.42 Å². The predicted octanol–water partition coefficient (Wildman–Crippen LogP) is 4.78. The number of ether oxygens (including phenoxy) is 1. The molecule has 0 radical (unpaired) electrons. The first kappa shape index (κ1) is 18.6. The van der Waals surface area contributed by atoms with Gasteiger partial charge in [0.1, 0.15) is 17.0 Å². The zero-order valence-electron chi connectivity index (χ0n) is 14.9. The van der Waals surface area contributed by atoms with Crippen LogP contribution in [0.15, 0.2) is 77.7 Å². The summed E-state index contributed by atoms with van der Waals surface area (Å²) in [5.41, 5.74) is 1.14. The van der Waals surface area contributed by atoms with Gasteiger partial charge in [-0.25, -0.2) is 0 Å². The van der Waals surface area contributed by atoms with Crippen LogP contribution in [-0.2, 0) is 14.3 Å². The minimum absolute atomic E-state index is 0.00995. The Morgan fingerprint density at radius 2 is 1.58 bits per heavy atom. The highest BCUT2D eigenvalue weighted by molar-refractivity contribution is 8.02. The Morgan fingerprint density at radius 3 is 2.15 bits per heavy atom. The SMILES string of the molecule is CC(=O)C(C/C=C/C1OC1c1ccccc1)(Sc1ccccc1)C(C)=O. The highest BCUT2D eigenvalue weighted by atomic mass is 32.2. The van der Waals surface area contributed by atoms with Gasteiger partial charge in [-0.2, -0.15) is 0 Å². The van der Waals surface area contributed by atoms with Gasteiger partial charge in [0.25, 0.3) is 0 Å². The minimum atomic E-state index is -1.09. The second kappa shape index (κ2) is 8.02. The third-order valence-electron chi connectivity index (χ3n) is 4.56. The molecule has 0 saturated carbocycles. The minimum Gasteiger partial charge on any atom is -0.360 e. The maximum atomic E-state index is 12.4. The molecule has 1 aliphatic heterocycles. The van der Waals surface area contributed by atoms with Crippen molar-refractivity contribution in [1.29, 1.82) is 0 Å². The normalized spacial score (nSPS) is 19.5. The number of epoxide rings is 1. The number of rotatable bonds is 8. The van der Waals surface area contributed by atoms with E-state index in [-0.39, 0.29) is 23.8 Å². The third-order valence-corrected chi connectivity index (χ3v) is 6.16. The maximum absolute atomic E-state index is 12.4. The van der Waals surface area contributed by atoms with Crippen molar-refractivity contribution in [2.75, 3.05) is 0 Å². The number of hydrogen-bond acceptors (Lipinski definition) is 4. The Kier molecular flexibility index (Phi) is 5.74. The van der Waals surface area contributed by atoms with Crippen LogP contribution in [0.2, 0.25) is 0 Å². The van der Waals surface area contributed by atoms with Crippen molar-refractivity contribution >= 4 is 23.3 Å². The molecule has 1 heterocycles. The zero-order valence-corrected chi connectivity index (χ0v) is 15.7. The van der Waals surface area contributed by atoms with E-state index in [9.17, 15) is 9.59 Å². The van der Waals surface area contributed by atoms with Gasteiger partial charge in [-0.05, 0) is 38.0 Å². The fourth-order valence-electron chi connectivity index (χ4n) is 2.96. The summed E-state index contributed by atoms with van der Waals surface area (Å²) in [5.74, 6) is -0.250. The largest absolute Gasteiger partial charge is 0.360 e. The van der Waals surface area contributed by atoms with E-state index in [4.69, 9.17) is 4.74 Å². The highest BCUT2D eigenvalue weighted by Gasteiger charge is 2.42. The molecule has 2 aromatic rings. The van der Waals surface area contributed by atoms with E-state index in [1.807, 2.05) is 72.8 Å². The van der Waals surface area contributed by atoms with Gasteiger partial charge in [0.15, 0.2) is 11.6 Å². The average Bonchev–Trinajstić information content (AvgIpc) is 3.41. The highest BCUT2D eigenvalue weighted by Crippen LogP contribution is 2.41. The summed E-state index contributed by atoms with van der Waals surface area (Å²) in [7, 11) is 0. The first-order valence-electron chi connectivity index (χ1n) is 8.66. The van der Waals surface area contributed by atoms with Crippen molar-refractivity contribution < 1.29 is 14.3 Å². The second-order valence-electron chi connectivity index (χ2n) is 6.42. The number of Topliss-reactive ketones (excluding diaryl/α,β-unsaturated/α-hetero) is 2. The summed E-state index contributed by atoms with van der Waals surface area (Å²) in [4.78, 5) is 25.7. The number of thioether (sulfide) groups is 1. The number of benzene rings is 2.